The van der Waals surface area contributed by atoms with Gasteiger partial charge in [-0.3, -0.25) is 14.9 Å². The summed E-state index contributed by atoms with van der Waals surface area (Å²) in [6.07, 6.45) is 3.24. The maximum Gasteiger partial charge on any atom is 0.337 e. The summed E-state index contributed by atoms with van der Waals surface area (Å²) in [5.41, 5.74) is 2.24. The molecule has 1 heterocycles. The smallest absolute Gasteiger partial charge is 0.337 e. The van der Waals surface area contributed by atoms with Crippen LogP contribution in [0.25, 0.3) is 6.08 Å². The molecule has 0 bridgehead atoms. The fourth-order valence-corrected chi connectivity index (χ4v) is 3.09. The molecule has 1 saturated heterocycles. The van der Waals surface area contributed by atoms with E-state index in [1.54, 1.807) is 47.4 Å². The first-order valence-electron chi connectivity index (χ1n) is 9.12. The monoisotopic (exact) mass is 395 g/mol. The third-order valence-corrected chi connectivity index (χ3v) is 4.77. The summed E-state index contributed by atoms with van der Waals surface area (Å²) in [6.45, 7) is 2.46. The Morgan fingerprint density at radius 2 is 1.62 bits per heavy atom. The van der Waals surface area contributed by atoms with Crippen molar-refractivity contribution in [3.63, 3.8) is 0 Å². The molecule has 0 saturated carbocycles. The zero-order valence-electron chi connectivity index (χ0n) is 16.0. The Bertz CT molecular complexity index is 914. The van der Waals surface area contributed by atoms with Crippen molar-refractivity contribution in [2.24, 2.45) is 0 Å². The molecule has 0 aliphatic carbocycles. The van der Waals surface area contributed by atoms with Crippen molar-refractivity contribution in [3.05, 3.63) is 75.8 Å². The van der Waals surface area contributed by atoms with E-state index < -0.39 is 10.9 Å². The number of carbonyl (C=O) groups is 2. The number of nitro benzene ring substituents is 1. The SMILES string of the molecule is COC(=O)c1ccc(/C=C/C(=O)N2CCN(c3ccc([N+](=O)[O-])cc3)CC2)cc1. The largest absolute Gasteiger partial charge is 0.465 e. The first-order valence-corrected chi connectivity index (χ1v) is 9.12. The van der Waals surface area contributed by atoms with Crippen molar-refractivity contribution < 1.29 is 19.2 Å². The highest BCUT2D eigenvalue weighted by Crippen LogP contribution is 2.20. The Balaban J connectivity index is 1.53. The van der Waals surface area contributed by atoms with Gasteiger partial charge in [0.15, 0.2) is 0 Å². The molecule has 8 nitrogen and oxygen atoms in total. The van der Waals surface area contributed by atoms with E-state index in [4.69, 9.17) is 0 Å². The number of amides is 1. The number of benzene rings is 2. The molecule has 8 heteroatoms. The van der Waals surface area contributed by atoms with Crippen LogP contribution in [-0.2, 0) is 9.53 Å². The average molecular weight is 395 g/mol. The number of hydrogen-bond acceptors (Lipinski definition) is 6. The molecular formula is C21H21N3O5. The maximum atomic E-state index is 12.4. The molecule has 0 atom stereocenters. The first-order chi connectivity index (χ1) is 14.0. The van der Waals surface area contributed by atoms with Crippen LogP contribution in [0.5, 0.6) is 0 Å². The minimum atomic E-state index is -0.421. The summed E-state index contributed by atoms with van der Waals surface area (Å²) in [5, 5.41) is 10.8. The third-order valence-electron chi connectivity index (χ3n) is 4.77. The zero-order valence-corrected chi connectivity index (χ0v) is 16.0. The number of piperazine rings is 1. The van der Waals surface area contributed by atoms with Crippen LogP contribution < -0.4 is 4.90 Å². The van der Waals surface area contributed by atoms with Gasteiger partial charge in [-0.05, 0) is 35.9 Å². The van der Waals surface area contributed by atoms with Crippen molar-refractivity contribution in [2.45, 2.75) is 0 Å². The molecule has 1 amide bonds. The number of rotatable bonds is 5. The zero-order chi connectivity index (χ0) is 20.8. The summed E-state index contributed by atoms with van der Waals surface area (Å²) >= 11 is 0. The molecule has 1 aliphatic rings. The van der Waals surface area contributed by atoms with Gasteiger partial charge in [-0.15, -0.1) is 0 Å². The van der Waals surface area contributed by atoms with Gasteiger partial charge < -0.3 is 14.5 Å². The van der Waals surface area contributed by atoms with Crippen LogP contribution >= 0.6 is 0 Å². The molecule has 2 aromatic carbocycles. The van der Waals surface area contributed by atoms with E-state index in [9.17, 15) is 19.7 Å². The van der Waals surface area contributed by atoms with E-state index >= 15 is 0 Å². The van der Waals surface area contributed by atoms with E-state index in [0.29, 0.717) is 31.7 Å². The summed E-state index contributed by atoms with van der Waals surface area (Å²) < 4.78 is 4.66. The summed E-state index contributed by atoms with van der Waals surface area (Å²) in [6, 6.07) is 13.2. The van der Waals surface area contributed by atoms with E-state index in [1.165, 1.54) is 25.3 Å². The van der Waals surface area contributed by atoms with Crippen LogP contribution in [0.2, 0.25) is 0 Å². The number of methoxy groups -OCH3 is 1. The predicted molar refractivity (Wildman–Crippen MR) is 109 cm³/mol. The lowest BCUT2D eigenvalue weighted by Crippen LogP contribution is -2.48. The van der Waals surface area contributed by atoms with Crippen molar-refractivity contribution in [1.82, 2.24) is 4.90 Å². The number of non-ortho nitro benzene ring substituents is 1. The molecule has 0 spiro atoms. The van der Waals surface area contributed by atoms with E-state index in [0.717, 1.165) is 11.3 Å². The Kier molecular flexibility index (Phi) is 6.23. The van der Waals surface area contributed by atoms with Crippen LogP contribution in [0.4, 0.5) is 11.4 Å². The summed E-state index contributed by atoms with van der Waals surface area (Å²) in [4.78, 5) is 38.1. The van der Waals surface area contributed by atoms with Gasteiger partial charge in [-0.2, -0.15) is 0 Å². The van der Waals surface area contributed by atoms with Gasteiger partial charge in [-0.25, -0.2) is 4.79 Å². The van der Waals surface area contributed by atoms with Crippen molar-refractivity contribution in [1.29, 1.82) is 0 Å². The highest BCUT2D eigenvalue weighted by atomic mass is 16.6. The Morgan fingerprint density at radius 1 is 1.00 bits per heavy atom. The molecule has 0 N–H and O–H groups in total. The Labute approximate surface area is 168 Å². The number of nitrogens with zero attached hydrogens (tertiary/aromatic N) is 3. The molecule has 0 aromatic heterocycles. The number of esters is 1. The average Bonchev–Trinajstić information content (AvgIpc) is 2.77. The molecule has 0 unspecified atom stereocenters. The molecule has 29 heavy (non-hydrogen) atoms. The lowest BCUT2D eigenvalue weighted by Gasteiger charge is -2.35. The van der Waals surface area contributed by atoms with Gasteiger partial charge in [0.25, 0.3) is 5.69 Å². The summed E-state index contributed by atoms with van der Waals surface area (Å²) in [7, 11) is 1.33. The van der Waals surface area contributed by atoms with Crippen LogP contribution in [0, 0.1) is 10.1 Å². The molecule has 1 aliphatic heterocycles. The Morgan fingerprint density at radius 3 is 2.17 bits per heavy atom. The van der Waals surface area contributed by atoms with E-state index in [1.807, 2.05) is 0 Å². The Hall–Kier alpha value is -3.68. The third kappa shape index (κ3) is 4.98. The van der Waals surface area contributed by atoms with E-state index in [-0.39, 0.29) is 11.6 Å². The van der Waals surface area contributed by atoms with Gasteiger partial charge in [0.2, 0.25) is 5.91 Å². The highest BCUT2D eigenvalue weighted by Gasteiger charge is 2.20. The minimum absolute atomic E-state index is 0.0623. The molecule has 150 valence electrons. The molecule has 0 radical (unpaired) electrons. The number of nitro groups is 1. The van der Waals surface area contributed by atoms with Gasteiger partial charge >= 0.3 is 5.97 Å². The molecular weight excluding hydrogens is 374 g/mol. The second-order valence-corrected chi connectivity index (χ2v) is 6.53. The minimum Gasteiger partial charge on any atom is -0.465 e. The molecule has 3 rings (SSSR count). The van der Waals surface area contributed by atoms with Crippen LogP contribution in [0.15, 0.2) is 54.6 Å². The van der Waals surface area contributed by atoms with Gasteiger partial charge in [0.1, 0.15) is 0 Å². The van der Waals surface area contributed by atoms with E-state index in [2.05, 4.69) is 9.64 Å². The second kappa shape index (κ2) is 9.01. The van der Waals surface area contributed by atoms with Crippen molar-refractivity contribution in [2.75, 3.05) is 38.2 Å². The first kappa shape index (κ1) is 20.1. The normalized spacial score (nSPS) is 14.1. The quantitative estimate of drug-likeness (QED) is 0.334. The fraction of sp³-hybridized carbons (Fsp3) is 0.238. The predicted octanol–water partition coefficient (Wildman–Crippen LogP) is 2.74. The highest BCUT2D eigenvalue weighted by molar-refractivity contribution is 5.92. The maximum absolute atomic E-state index is 12.4. The van der Waals surface area contributed by atoms with Gasteiger partial charge in [-0.1, -0.05) is 12.1 Å². The molecule has 2 aromatic rings. The van der Waals surface area contributed by atoms with Gasteiger partial charge in [0.05, 0.1) is 17.6 Å². The van der Waals surface area contributed by atoms with Crippen molar-refractivity contribution in [3.8, 4) is 0 Å². The topological polar surface area (TPSA) is 93.0 Å². The number of ether oxygens (including phenoxy) is 1. The summed E-state index contributed by atoms with van der Waals surface area (Å²) in [5.74, 6) is -0.479. The van der Waals surface area contributed by atoms with Crippen LogP contribution in [0.1, 0.15) is 15.9 Å². The lowest BCUT2D eigenvalue weighted by atomic mass is 10.1. The fourth-order valence-electron chi connectivity index (χ4n) is 3.09. The standard InChI is InChI=1S/C21H21N3O5/c1-29-21(26)17-5-2-16(3-6-17)4-11-20(25)23-14-12-22(13-15-23)18-7-9-19(10-8-18)24(27)28/h2-11H,12-15H2,1H3/b11-4+. The van der Waals surface area contributed by atoms with Crippen LogP contribution in [-0.4, -0.2) is 55.0 Å². The lowest BCUT2D eigenvalue weighted by molar-refractivity contribution is -0.384. The number of hydrogen-bond donors (Lipinski definition) is 0. The number of carbonyl (C=O) groups excluding carboxylic acids is 2. The van der Waals surface area contributed by atoms with Gasteiger partial charge in [0, 0.05) is 50.1 Å². The second-order valence-electron chi connectivity index (χ2n) is 6.53. The number of anilines is 1. The van der Waals surface area contributed by atoms with Crippen molar-refractivity contribution >= 4 is 29.3 Å². The molecule has 1 fully saturated rings. The van der Waals surface area contributed by atoms with Crippen LogP contribution in [0.3, 0.4) is 0 Å².